The summed E-state index contributed by atoms with van der Waals surface area (Å²) in [5, 5.41) is 3.12. The van der Waals surface area contributed by atoms with E-state index in [1.165, 1.54) is 12.1 Å². The second kappa shape index (κ2) is 7.35. The highest BCUT2D eigenvalue weighted by Crippen LogP contribution is 2.23. The monoisotopic (exact) mass is 364 g/mol. The van der Waals surface area contributed by atoms with Gasteiger partial charge in [0, 0.05) is 25.3 Å². The lowest BCUT2D eigenvalue weighted by Crippen LogP contribution is -2.36. The van der Waals surface area contributed by atoms with Crippen molar-refractivity contribution in [1.29, 1.82) is 0 Å². The molecule has 1 atom stereocenters. The van der Waals surface area contributed by atoms with E-state index in [0.717, 1.165) is 5.56 Å². The van der Waals surface area contributed by atoms with Gasteiger partial charge in [-0.05, 0) is 37.1 Å². The number of benzene rings is 1. The van der Waals surface area contributed by atoms with Gasteiger partial charge in [-0.2, -0.15) is 4.98 Å². The Kier molecular flexibility index (Phi) is 5.17. The molecule has 1 aromatic heterocycles. The smallest absolute Gasteiger partial charge is 0.224 e. The van der Waals surface area contributed by atoms with E-state index in [1.54, 1.807) is 24.4 Å². The van der Waals surface area contributed by atoms with Crippen LogP contribution in [-0.2, 0) is 16.4 Å². The molecule has 3 rings (SSSR count). The van der Waals surface area contributed by atoms with Gasteiger partial charge in [-0.1, -0.05) is 12.1 Å². The molecular weight excluding hydrogens is 343 g/mol. The van der Waals surface area contributed by atoms with Gasteiger partial charge in [0.25, 0.3) is 0 Å². The zero-order valence-electron chi connectivity index (χ0n) is 14.0. The standard InChI is InChI=1S/C17H21FN4O2S/c1-2-22(15-8-10-25(23,24)12-15)16-7-9-19-17(21-16)20-11-13-3-5-14(18)6-4-13/h3-7,9,15H,2,8,10-12H2,1H3,(H,19,20,21). The molecule has 0 radical (unpaired) electrons. The zero-order chi connectivity index (χ0) is 17.9. The molecule has 1 saturated heterocycles. The first-order chi connectivity index (χ1) is 12.0. The Morgan fingerprint density at radius 3 is 2.68 bits per heavy atom. The fraction of sp³-hybridized carbons (Fsp3) is 0.412. The van der Waals surface area contributed by atoms with Crippen LogP contribution in [0.5, 0.6) is 0 Å². The van der Waals surface area contributed by atoms with Gasteiger partial charge in [-0.3, -0.25) is 0 Å². The van der Waals surface area contributed by atoms with Crippen molar-refractivity contribution in [1.82, 2.24) is 9.97 Å². The zero-order valence-corrected chi connectivity index (χ0v) is 14.8. The Labute approximate surface area is 147 Å². The van der Waals surface area contributed by atoms with Gasteiger partial charge in [0.1, 0.15) is 11.6 Å². The number of nitrogens with one attached hydrogen (secondary N) is 1. The first kappa shape index (κ1) is 17.6. The predicted octanol–water partition coefficient (Wildman–Crippen LogP) is 2.24. The fourth-order valence-corrected chi connectivity index (χ4v) is 4.74. The highest BCUT2D eigenvalue weighted by Gasteiger charge is 2.32. The van der Waals surface area contributed by atoms with Gasteiger partial charge in [0.05, 0.1) is 11.5 Å². The van der Waals surface area contributed by atoms with Crippen LogP contribution in [0, 0.1) is 5.82 Å². The molecule has 1 unspecified atom stereocenters. The summed E-state index contributed by atoms with van der Waals surface area (Å²) in [4.78, 5) is 10.7. The van der Waals surface area contributed by atoms with Gasteiger partial charge in [0.2, 0.25) is 5.95 Å². The maximum absolute atomic E-state index is 12.9. The topological polar surface area (TPSA) is 75.2 Å². The number of hydrogen-bond donors (Lipinski definition) is 1. The minimum atomic E-state index is -2.95. The van der Waals surface area contributed by atoms with E-state index in [4.69, 9.17) is 0 Å². The molecular formula is C17H21FN4O2S. The molecule has 6 nitrogen and oxygen atoms in total. The van der Waals surface area contributed by atoms with E-state index in [1.807, 2.05) is 11.8 Å². The number of rotatable bonds is 6. The summed E-state index contributed by atoms with van der Waals surface area (Å²) >= 11 is 0. The van der Waals surface area contributed by atoms with Gasteiger partial charge >= 0.3 is 0 Å². The molecule has 134 valence electrons. The van der Waals surface area contributed by atoms with Crippen molar-refractivity contribution < 1.29 is 12.8 Å². The van der Waals surface area contributed by atoms with E-state index in [0.29, 0.717) is 31.3 Å². The van der Waals surface area contributed by atoms with Crippen LogP contribution in [0.25, 0.3) is 0 Å². The minimum absolute atomic E-state index is 0.0464. The molecule has 2 aromatic rings. The summed E-state index contributed by atoms with van der Waals surface area (Å²) in [6.45, 7) is 3.14. The van der Waals surface area contributed by atoms with Gasteiger partial charge in [-0.15, -0.1) is 0 Å². The number of sulfone groups is 1. The average molecular weight is 364 g/mol. The quantitative estimate of drug-likeness (QED) is 0.847. The summed E-state index contributed by atoms with van der Waals surface area (Å²) in [7, 11) is -2.95. The summed E-state index contributed by atoms with van der Waals surface area (Å²) in [5.41, 5.74) is 0.921. The van der Waals surface area contributed by atoms with Crippen molar-refractivity contribution >= 4 is 21.6 Å². The molecule has 0 saturated carbocycles. The van der Waals surface area contributed by atoms with Crippen molar-refractivity contribution in [3.8, 4) is 0 Å². The lowest BCUT2D eigenvalue weighted by Gasteiger charge is -2.28. The fourth-order valence-electron chi connectivity index (χ4n) is 3.01. The Morgan fingerprint density at radius 1 is 1.28 bits per heavy atom. The van der Waals surface area contributed by atoms with E-state index >= 15 is 0 Å². The molecule has 0 amide bonds. The average Bonchev–Trinajstić information content (AvgIpc) is 2.95. The molecule has 0 spiro atoms. The van der Waals surface area contributed by atoms with Crippen LogP contribution in [0.4, 0.5) is 16.2 Å². The van der Waals surface area contributed by atoms with Crippen molar-refractivity contribution in [2.24, 2.45) is 0 Å². The van der Waals surface area contributed by atoms with E-state index in [9.17, 15) is 12.8 Å². The molecule has 8 heteroatoms. The van der Waals surface area contributed by atoms with Crippen molar-refractivity contribution in [3.63, 3.8) is 0 Å². The second-order valence-electron chi connectivity index (χ2n) is 6.06. The van der Waals surface area contributed by atoms with Crippen LogP contribution in [0.2, 0.25) is 0 Å². The largest absolute Gasteiger partial charge is 0.353 e. The predicted molar refractivity (Wildman–Crippen MR) is 95.8 cm³/mol. The summed E-state index contributed by atoms with van der Waals surface area (Å²) in [5.74, 6) is 1.30. The van der Waals surface area contributed by atoms with Crippen LogP contribution in [0.3, 0.4) is 0 Å². The third-order valence-corrected chi connectivity index (χ3v) is 6.04. The normalized spacial score (nSPS) is 18.9. The molecule has 1 fully saturated rings. The molecule has 0 aliphatic carbocycles. The van der Waals surface area contributed by atoms with Gasteiger partial charge in [-0.25, -0.2) is 17.8 Å². The third-order valence-electron chi connectivity index (χ3n) is 4.29. The Hall–Kier alpha value is -2.22. The molecule has 25 heavy (non-hydrogen) atoms. The van der Waals surface area contributed by atoms with Crippen LogP contribution >= 0.6 is 0 Å². The number of aromatic nitrogens is 2. The Morgan fingerprint density at radius 2 is 2.04 bits per heavy atom. The second-order valence-corrected chi connectivity index (χ2v) is 8.29. The van der Waals surface area contributed by atoms with Crippen LogP contribution in [0.1, 0.15) is 18.9 Å². The molecule has 1 aromatic carbocycles. The molecule has 1 aliphatic heterocycles. The van der Waals surface area contributed by atoms with Crippen LogP contribution < -0.4 is 10.2 Å². The molecule has 2 heterocycles. The van der Waals surface area contributed by atoms with E-state index in [2.05, 4.69) is 15.3 Å². The summed E-state index contributed by atoms with van der Waals surface area (Å²) < 4.78 is 36.4. The lowest BCUT2D eigenvalue weighted by molar-refractivity contribution is 0.599. The third kappa shape index (κ3) is 4.45. The molecule has 0 bridgehead atoms. The van der Waals surface area contributed by atoms with Crippen molar-refractivity contribution in [2.75, 3.05) is 28.3 Å². The highest BCUT2D eigenvalue weighted by atomic mass is 32.2. The number of hydrogen-bond acceptors (Lipinski definition) is 6. The van der Waals surface area contributed by atoms with Gasteiger partial charge in [0.15, 0.2) is 9.84 Å². The van der Waals surface area contributed by atoms with Crippen LogP contribution in [-0.4, -0.2) is 42.5 Å². The first-order valence-corrected chi connectivity index (χ1v) is 10.1. The number of anilines is 2. The maximum Gasteiger partial charge on any atom is 0.224 e. The number of halogens is 1. The lowest BCUT2D eigenvalue weighted by atomic mass is 10.2. The van der Waals surface area contributed by atoms with Crippen molar-refractivity contribution in [2.45, 2.75) is 25.9 Å². The van der Waals surface area contributed by atoms with Crippen molar-refractivity contribution in [3.05, 3.63) is 47.9 Å². The van der Waals surface area contributed by atoms with Crippen LogP contribution in [0.15, 0.2) is 36.5 Å². The van der Waals surface area contributed by atoms with E-state index < -0.39 is 9.84 Å². The molecule has 1 N–H and O–H groups in total. The van der Waals surface area contributed by atoms with Gasteiger partial charge < -0.3 is 10.2 Å². The summed E-state index contributed by atoms with van der Waals surface area (Å²) in [6, 6.07) is 7.97. The maximum atomic E-state index is 12.9. The SMILES string of the molecule is CCN(c1ccnc(NCc2ccc(F)cc2)n1)C1CCS(=O)(=O)C1. The Balaban J connectivity index is 1.70. The first-order valence-electron chi connectivity index (χ1n) is 8.25. The summed E-state index contributed by atoms with van der Waals surface area (Å²) in [6.07, 6.45) is 2.28. The minimum Gasteiger partial charge on any atom is -0.353 e. The number of nitrogens with zero attached hydrogens (tertiary/aromatic N) is 3. The van der Waals surface area contributed by atoms with E-state index in [-0.39, 0.29) is 23.4 Å². The molecule has 1 aliphatic rings. The highest BCUT2D eigenvalue weighted by molar-refractivity contribution is 7.91. The Bertz CT molecular complexity index is 827.